The highest BCUT2D eigenvalue weighted by molar-refractivity contribution is 5.90. The van der Waals surface area contributed by atoms with Gasteiger partial charge in [0, 0.05) is 0 Å². The van der Waals surface area contributed by atoms with Crippen molar-refractivity contribution in [3.05, 3.63) is 46.3 Å². The van der Waals surface area contributed by atoms with Gasteiger partial charge in [0.2, 0.25) is 0 Å². The smallest absolute Gasteiger partial charge is 0.416 e. The zero-order chi connectivity index (χ0) is 15.9. The predicted molar refractivity (Wildman–Crippen MR) is 69.7 cm³/mol. The van der Waals surface area contributed by atoms with Crippen LogP contribution in [0.3, 0.4) is 0 Å². The number of alkyl halides is 3. The lowest BCUT2D eigenvalue weighted by Gasteiger charge is -2.13. The second-order valence-corrected chi connectivity index (χ2v) is 4.76. The normalized spacial score (nSPS) is 11.7. The molecule has 1 heterocycles. The lowest BCUT2D eigenvalue weighted by atomic mass is 10.1. The molecule has 4 nitrogen and oxygen atoms in total. The van der Waals surface area contributed by atoms with E-state index in [1.165, 1.54) is 37.6 Å². The summed E-state index contributed by atoms with van der Waals surface area (Å²) in [6.07, 6.45) is -4.47. The molecule has 0 radical (unpaired) electrons. The Kier molecular flexibility index (Phi) is 3.52. The van der Waals surface area contributed by atoms with Crippen LogP contribution in [0.15, 0.2) is 18.2 Å². The van der Waals surface area contributed by atoms with Gasteiger partial charge in [-0.15, -0.1) is 0 Å². The maximum absolute atomic E-state index is 12.9. The first-order chi connectivity index (χ1) is 9.62. The van der Waals surface area contributed by atoms with E-state index in [1.54, 1.807) is 0 Å². The van der Waals surface area contributed by atoms with Crippen molar-refractivity contribution in [1.82, 2.24) is 9.78 Å². The van der Waals surface area contributed by atoms with Crippen molar-refractivity contribution in [2.24, 2.45) is 0 Å². The summed E-state index contributed by atoms with van der Waals surface area (Å²) in [5.74, 6) is -1.15. The Labute approximate surface area is 118 Å². The third-order valence-corrected chi connectivity index (χ3v) is 3.28. The van der Waals surface area contributed by atoms with E-state index in [9.17, 15) is 18.0 Å². The van der Waals surface area contributed by atoms with Gasteiger partial charge in [0.25, 0.3) is 0 Å². The van der Waals surface area contributed by atoms with E-state index < -0.39 is 17.7 Å². The predicted octanol–water partition coefficient (Wildman–Crippen LogP) is 3.51. The van der Waals surface area contributed by atoms with Gasteiger partial charge in [0.15, 0.2) is 0 Å². The van der Waals surface area contributed by atoms with E-state index in [2.05, 4.69) is 5.10 Å². The van der Waals surface area contributed by atoms with Crippen molar-refractivity contribution in [2.45, 2.75) is 26.9 Å². The van der Waals surface area contributed by atoms with Gasteiger partial charge in [-0.2, -0.15) is 18.3 Å². The monoisotopic (exact) mass is 298 g/mol. The van der Waals surface area contributed by atoms with E-state index in [4.69, 9.17) is 5.11 Å². The minimum absolute atomic E-state index is 0.00383. The second kappa shape index (κ2) is 4.91. The first kappa shape index (κ1) is 15.1. The lowest BCUT2D eigenvalue weighted by Crippen LogP contribution is -2.10. The molecule has 2 rings (SSSR count). The Bertz CT molecular complexity index is 718. The molecule has 1 aromatic carbocycles. The first-order valence-corrected chi connectivity index (χ1v) is 6.10. The summed E-state index contributed by atoms with van der Waals surface area (Å²) in [5, 5.41) is 13.1. The van der Waals surface area contributed by atoms with Crippen LogP contribution in [0.4, 0.5) is 13.2 Å². The Morgan fingerprint density at radius 2 is 1.86 bits per heavy atom. The Morgan fingerprint density at radius 3 is 2.33 bits per heavy atom. The van der Waals surface area contributed by atoms with Crippen molar-refractivity contribution >= 4 is 5.97 Å². The molecule has 0 aliphatic carbocycles. The number of benzene rings is 1. The molecule has 0 amide bonds. The topological polar surface area (TPSA) is 55.1 Å². The lowest BCUT2D eigenvalue weighted by molar-refractivity contribution is -0.138. The number of hydrogen-bond donors (Lipinski definition) is 1. The van der Waals surface area contributed by atoms with Gasteiger partial charge < -0.3 is 5.11 Å². The largest absolute Gasteiger partial charge is 0.478 e. The molecule has 0 saturated heterocycles. The summed E-state index contributed by atoms with van der Waals surface area (Å²) in [4.78, 5) is 11.1. The fraction of sp³-hybridized carbons (Fsp3) is 0.286. The van der Waals surface area contributed by atoms with Gasteiger partial charge in [-0.1, -0.05) is 6.07 Å². The van der Waals surface area contributed by atoms with Crippen LogP contribution in [0.5, 0.6) is 0 Å². The Balaban J connectivity index is 2.64. The van der Waals surface area contributed by atoms with Gasteiger partial charge in [-0.25, -0.2) is 9.48 Å². The highest BCUT2D eigenvalue weighted by Crippen LogP contribution is 2.33. The highest BCUT2D eigenvalue weighted by Gasteiger charge is 2.33. The van der Waals surface area contributed by atoms with Crippen LogP contribution in [0.2, 0.25) is 0 Å². The number of carboxylic acid groups (broad SMARTS) is 1. The third-order valence-electron chi connectivity index (χ3n) is 3.28. The fourth-order valence-corrected chi connectivity index (χ4v) is 2.25. The van der Waals surface area contributed by atoms with Crippen molar-refractivity contribution in [1.29, 1.82) is 0 Å². The molecule has 0 spiro atoms. The van der Waals surface area contributed by atoms with Crippen molar-refractivity contribution in [3.63, 3.8) is 0 Å². The number of aromatic carboxylic acids is 1. The zero-order valence-electron chi connectivity index (χ0n) is 11.6. The second-order valence-electron chi connectivity index (χ2n) is 4.76. The number of carbonyl (C=O) groups is 1. The number of rotatable bonds is 2. The van der Waals surface area contributed by atoms with E-state index >= 15 is 0 Å². The number of halogens is 3. The molecule has 0 saturated carbocycles. The molecule has 21 heavy (non-hydrogen) atoms. The molecule has 0 aliphatic rings. The molecular weight excluding hydrogens is 285 g/mol. The van der Waals surface area contributed by atoms with Gasteiger partial charge in [0.1, 0.15) is 5.56 Å². The number of nitrogens with zero attached hydrogens (tertiary/aromatic N) is 2. The van der Waals surface area contributed by atoms with Crippen LogP contribution in [-0.4, -0.2) is 20.9 Å². The maximum atomic E-state index is 12.9. The average Bonchev–Trinajstić information content (AvgIpc) is 2.64. The van der Waals surface area contributed by atoms with E-state index in [-0.39, 0.29) is 28.2 Å². The Hall–Kier alpha value is -2.31. The summed E-state index contributed by atoms with van der Waals surface area (Å²) in [7, 11) is 0. The molecule has 1 N–H and O–H groups in total. The Morgan fingerprint density at radius 1 is 1.24 bits per heavy atom. The van der Waals surface area contributed by atoms with Gasteiger partial charge in [-0.3, -0.25) is 0 Å². The van der Waals surface area contributed by atoms with Gasteiger partial charge in [-0.05, 0) is 38.5 Å². The molecule has 112 valence electrons. The average molecular weight is 298 g/mol. The van der Waals surface area contributed by atoms with Crippen LogP contribution in [0.25, 0.3) is 5.69 Å². The molecule has 7 heteroatoms. The number of hydrogen-bond acceptors (Lipinski definition) is 2. The van der Waals surface area contributed by atoms with E-state index in [0.29, 0.717) is 0 Å². The molecule has 0 bridgehead atoms. The molecule has 2 aromatic rings. The van der Waals surface area contributed by atoms with Crippen LogP contribution >= 0.6 is 0 Å². The molecular formula is C14H13F3N2O2. The van der Waals surface area contributed by atoms with Crippen LogP contribution in [0.1, 0.15) is 32.9 Å². The summed E-state index contributed by atoms with van der Waals surface area (Å²) in [5.41, 5.74) is 0.0759. The molecule has 0 atom stereocenters. The number of aryl methyl sites for hydroxylation is 2. The van der Waals surface area contributed by atoms with Crippen molar-refractivity contribution in [2.75, 3.05) is 0 Å². The molecule has 1 aromatic heterocycles. The third kappa shape index (κ3) is 2.63. The number of carboxylic acids is 1. The van der Waals surface area contributed by atoms with Crippen molar-refractivity contribution < 1.29 is 23.1 Å². The van der Waals surface area contributed by atoms with Crippen LogP contribution in [-0.2, 0) is 6.18 Å². The fourth-order valence-electron chi connectivity index (χ4n) is 2.25. The van der Waals surface area contributed by atoms with E-state index in [1.807, 2.05) is 0 Å². The summed E-state index contributed by atoms with van der Waals surface area (Å²) >= 11 is 0. The standard InChI is InChI=1S/C14H13F3N2O2/c1-7-4-5-10(6-11(7)14(15,16)17)19-9(3)12(13(20)21)8(2)18-19/h4-6H,1-3H3,(H,20,21). The SMILES string of the molecule is Cc1ccc(-n2nc(C)c(C(=O)O)c2C)cc1C(F)(F)F. The molecule has 0 fully saturated rings. The number of aromatic nitrogens is 2. The quantitative estimate of drug-likeness (QED) is 0.923. The zero-order valence-corrected chi connectivity index (χ0v) is 11.6. The molecule has 0 unspecified atom stereocenters. The molecule has 0 aliphatic heterocycles. The minimum atomic E-state index is -4.47. The summed E-state index contributed by atoms with van der Waals surface area (Å²) in [6.45, 7) is 4.39. The summed E-state index contributed by atoms with van der Waals surface area (Å²) < 4.78 is 40.0. The van der Waals surface area contributed by atoms with E-state index in [0.717, 1.165) is 6.07 Å². The van der Waals surface area contributed by atoms with Gasteiger partial charge in [0.05, 0.1) is 22.6 Å². The van der Waals surface area contributed by atoms with Crippen LogP contribution < -0.4 is 0 Å². The first-order valence-electron chi connectivity index (χ1n) is 6.10. The maximum Gasteiger partial charge on any atom is 0.416 e. The van der Waals surface area contributed by atoms with Gasteiger partial charge >= 0.3 is 12.1 Å². The minimum Gasteiger partial charge on any atom is -0.478 e. The highest BCUT2D eigenvalue weighted by atomic mass is 19.4. The summed E-state index contributed by atoms with van der Waals surface area (Å²) in [6, 6.07) is 3.80. The van der Waals surface area contributed by atoms with Crippen molar-refractivity contribution in [3.8, 4) is 5.69 Å². The van der Waals surface area contributed by atoms with Crippen LogP contribution in [0, 0.1) is 20.8 Å².